The third-order valence-corrected chi connectivity index (χ3v) is 7.64. The zero-order valence-electron chi connectivity index (χ0n) is 23.2. The third-order valence-electron chi connectivity index (χ3n) is 7.64. The molecule has 1 aliphatic rings. The second-order valence-corrected chi connectivity index (χ2v) is 10.3. The first-order chi connectivity index (χ1) is 19.9. The molecule has 1 fully saturated rings. The number of anilines is 2. The van der Waals surface area contributed by atoms with Crippen molar-refractivity contribution in [1.29, 1.82) is 5.26 Å². The minimum absolute atomic E-state index is 0.0261. The normalized spacial score (nSPS) is 13.8. The van der Waals surface area contributed by atoms with E-state index in [-0.39, 0.29) is 30.2 Å². The van der Waals surface area contributed by atoms with E-state index in [1.807, 2.05) is 36.1 Å². The van der Waals surface area contributed by atoms with Gasteiger partial charge in [-0.2, -0.15) is 9.65 Å². The number of piperidine rings is 1. The molecule has 2 aromatic heterocycles. The molecule has 4 aromatic rings. The number of unbranched alkanes of at least 4 members (excludes halogenated alkanes) is 1. The largest absolute Gasteiger partial charge is 0.490 e. The van der Waals surface area contributed by atoms with Crippen molar-refractivity contribution >= 4 is 23.1 Å². The maximum Gasteiger partial charge on any atom is 0.254 e. The van der Waals surface area contributed by atoms with Crippen LogP contribution in [0.4, 0.5) is 20.3 Å². The van der Waals surface area contributed by atoms with Crippen LogP contribution in [0.1, 0.15) is 54.9 Å². The second kappa shape index (κ2) is 12.3. The molecule has 10 heteroatoms. The number of carbonyl (C=O) groups is 1. The highest BCUT2D eigenvalue weighted by Crippen LogP contribution is 2.32. The molecule has 5 rings (SSSR count). The number of ether oxygens (including phenoxy) is 1. The van der Waals surface area contributed by atoms with Crippen molar-refractivity contribution in [1.82, 2.24) is 19.3 Å². The highest BCUT2D eigenvalue weighted by Gasteiger charge is 2.24. The number of carbonyl (C=O) groups excluding carboxylic acids is 1. The van der Waals surface area contributed by atoms with Gasteiger partial charge in [0.1, 0.15) is 0 Å². The number of nitrogens with zero attached hydrogens (tertiary/aromatic N) is 5. The van der Waals surface area contributed by atoms with Gasteiger partial charge in [0.15, 0.2) is 23.0 Å². The van der Waals surface area contributed by atoms with Crippen LogP contribution in [-0.4, -0.2) is 44.9 Å². The van der Waals surface area contributed by atoms with E-state index in [2.05, 4.69) is 22.2 Å². The summed E-state index contributed by atoms with van der Waals surface area (Å²) in [6.45, 7) is 5.80. The van der Waals surface area contributed by atoms with E-state index < -0.39 is 11.6 Å². The molecule has 0 spiro atoms. The van der Waals surface area contributed by atoms with Gasteiger partial charge in [0.05, 0.1) is 24.6 Å². The molecule has 0 aliphatic carbocycles. The van der Waals surface area contributed by atoms with Crippen LogP contribution in [0.25, 0.3) is 16.9 Å². The Morgan fingerprint density at radius 2 is 1.98 bits per heavy atom. The maximum atomic E-state index is 15.1. The average Bonchev–Trinajstić information content (AvgIpc) is 3.42. The van der Waals surface area contributed by atoms with Gasteiger partial charge in [-0.15, -0.1) is 0 Å². The lowest BCUT2D eigenvalue weighted by molar-refractivity contribution is 0.0688. The van der Waals surface area contributed by atoms with Gasteiger partial charge in [0.2, 0.25) is 5.82 Å². The lowest BCUT2D eigenvalue weighted by atomic mass is 9.94. The number of aromatic nitrogens is 3. The smallest absolute Gasteiger partial charge is 0.254 e. The summed E-state index contributed by atoms with van der Waals surface area (Å²) in [6, 6.07) is 10.4. The third kappa shape index (κ3) is 5.85. The summed E-state index contributed by atoms with van der Waals surface area (Å²) in [7, 11) is 0. The van der Waals surface area contributed by atoms with Gasteiger partial charge in [-0.1, -0.05) is 13.3 Å². The summed E-state index contributed by atoms with van der Waals surface area (Å²) < 4.78 is 36.8. The molecule has 1 amide bonds. The second-order valence-electron chi connectivity index (χ2n) is 10.3. The van der Waals surface area contributed by atoms with Gasteiger partial charge >= 0.3 is 0 Å². The predicted molar refractivity (Wildman–Crippen MR) is 152 cm³/mol. The van der Waals surface area contributed by atoms with Crippen LogP contribution in [0.5, 0.6) is 5.75 Å². The standard InChI is InChI=1S/C31H32F2N6O2/c1-3-21-10-14-38(15-11-21)31(40)23-7-6-22(18-20(23)2)37-29-30-36-19-25(39(30)16-13-35-29)24-8-9-26(28(33)27(24)32)41-17-5-4-12-34/h6-9,13,16,18-19,21H,3-5,10-11,14-15,17H2,1-2H3,(H,35,37). The van der Waals surface area contributed by atoms with E-state index in [0.717, 1.165) is 43.6 Å². The zero-order valence-corrected chi connectivity index (χ0v) is 23.2. The molecule has 1 saturated heterocycles. The number of fused-ring (bicyclic) bond motifs is 1. The van der Waals surface area contributed by atoms with Crippen LogP contribution >= 0.6 is 0 Å². The van der Waals surface area contributed by atoms with Crippen LogP contribution in [-0.2, 0) is 0 Å². The van der Waals surface area contributed by atoms with E-state index in [1.54, 1.807) is 16.8 Å². The van der Waals surface area contributed by atoms with Crippen molar-refractivity contribution in [2.24, 2.45) is 5.92 Å². The molecule has 0 bridgehead atoms. The fraction of sp³-hybridized carbons (Fsp3) is 0.355. The molecule has 8 nitrogen and oxygen atoms in total. The fourth-order valence-electron chi connectivity index (χ4n) is 5.21. The Bertz CT molecular complexity index is 1600. The summed E-state index contributed by atoms with van der Waals surface area (Å²) in [5.41, 5.74) is 3.05. The van der Waals surface area contributed by atoms with Crippen molar-refractivity contribution in [3.63, 3.8) is 0 Å². The van der Waals surface area contributed by atoms with Crippen molar-refractivity contribution in [2.45, 2.75) is 46.0 Å². The Kier molecular flexibility index (Phi) is 8.43. The number of aryl methyl sites for hydroxylation is 1. The number of hydrogen-bond donors (Lipinski definition) is 1. The first-order valence-electron chi connectivity index (χ1n) is 13.9. The van der Waals surface area contributed by atoms with Crippen LogP contribution in [0, 0.1) is 35.8 Å². The Morgan fingerprint density at radius 1 is 1.17 bits per heavy atom. The maximum absolute atomic E-state index is 15.1. The SMILES string of the molecule is CCC1CCN(C(=O)c2ccc(Nc3nccn4c(-c5ccc(OCCCC#N)c(F)c5F)cnc34)cc2C)CC1. The van der Waals surface area contributed by atoms with Crippen molar-refractivity contribution < 1.29 is 18.3 Å². The number of hydrogen-bond acceptors (Lipinski definition) is 6. The molecule has 0 atom stereocenters. The molecule has 0 unspecified atom stereocenters. The number of imidazole rings is 1. The highest BCUT2D eigenvalue weighted by molar-refractivity contribution is 5.96. The molecular formula is C31H32F2N6O2. The van der Waals surface area contributed by atoms with E-state index in [9.17, 15) is 9.18 Å². The number of rotatable bonds is 9. The Balaban J connectivity index is 1.35. The van der Waals surface area contributed by atoms with Gasteiger partial charge in [-0.3, -0.25) is 9.20 Å². The highest BCUT2D eigenvalue weighted by atomic mass is 19.2. The monoisotopic (exact) mass is 558 g/mol. The van der Waals surface area contributed by atoms with E-state index in [0.29, 0.717) is 35.1 Å². The fourth-order valence-corrected chi connectivity index (χ4v) is 5.21. The lowest BCUT2D eigenvalue weighted by Crippen LogP contribution is -2.38. The molecule has 0 radical (unpaired) electrons. The molecule has 41 heavy (non-hydrogen) atoms. The van der Waals surface area contributed by atoms with Gasteiger partial charge < -0.3 is 15.0 Å². The number of benzene rings is 2. The quantitative estimate of drug-likeness (QED) is 0.231. The van der Waals surface area contributed by atoms with Gasteiger partial charge in [0, 0.05) is 48.7 Å². The van der Waals surface area contributed by atoms with Crippen molar-refractivity contribution in [2.75, 3.05) is 25.0 Å². The topological polar surface area (TPSA) is 95.5 Å². The van der Waals surface area contributed by atoms with Crippen LogP contribution in [0.3, 0.4) is 0 Å². The summed E-state index contributed by atoms with van der Waals surface area (Å²) in [6.07, 6.45) is 8.56. The van der Waals surface area contributed by atoms with Gasteiger partial charge in [-0.25, -0.2) is 14.4 Å². The van der Waals surface area contributed by atoms with Crippen molar-refractivity contribution in [3.05, 3.63) is 71.7 Å². The molecule has 212 valence electrons. The predicted octanol–water partition coefficient (Wildman–Crippen LogP) is 6.67. The van der Waals surface area contributed by atoms with Gasteiger partial charge in [0.25, 0.3) is 5.91 Å². The molecule has 1 N–H and O–H groups in total. The van der Waals surface area contributed by atoms with Crippen LogP contribution < -0.4 is 10.1 Å². The van der Waals surface area contributed by atoms with Crippen molar-refractivity contribution in [3.8, 4) is 23.1 Å². The average molecular weight is 559 g/mol. The lowest BCUT2D eigenvalue weighted by Gasteiger charge is -2.32. The van der Waals surface area contributed by atoms with E-state index in [1.165, 1.54) is 18.3 Å². The summed E-state index contributed by atoms with van der Waals surface area (Å²) in [4.78, 5) is 23.9. The number of amides is 1. The minimum atomic E-state index is -1.10. The molecule has 2 aromatic carbocycles. The number of halogens is 2. The summed E-state index contributed by atoms with van der Waals surface area (Å²) in [5.74, 6) is -1.18. The molecular weight excluding hydrogens is 526 g/mol. The Hall–Kier alpha value is -4.52. The number of nitriles is 1. The number of nitrogens with one attached hydrogen (secondary N) is 1. The number of likely N-dealkylation sites (tertiary alicyclic amines) is 1. The minimum Gasteiger partial charge on any atom is -0.490 e. The molecule has 1 aliphatic heterocycles. The van der Waals surface area contributed by atoms with E-state index >= 15 is 4.39 Å². The summed E-state index contributed by atoms with van der Waals surface area (Å²) in [5, 5.41) is 11.9. The van der Waals surface area contributed by atoms with E-state index in [4.69, 9.17) is 10.00 Å². The Labute approximate surface area is 237 Å². The summed E-state index contributed by atoms with van der Waals surface area (Å²) >= 11 is 0. The molecule has 0 saturated carbocycles. The van der Waals surface area contributed by atoms with Crippen LogP contribution in [0.2, 0.25) is 0 Å². The molecule has 3 heterocycles. The first kappa shape index (κ1) is 28.0. The zero-order chi connectivity index (χ0) is 28.9. The van der Waals surface area contributed by atoms with Crippen LogP contribution in [0.15, 0.2) is 48.9 Å². The Morgan fingerprint density at radius 3 is 2.71 bits per heavy atom. The first-order valence-corrected chi connectivity index (χ1v) is 13.9. The van der Waals surface area contributed by atoms with Gasteiger partial charge in [-0.05, 0) is 68.0 Å².